The number of aromatic nitrogens is 1. The SMILES string of the molecule is CC(C)(N)Cc1ccc(Oc2ccc(I)cn2)cc1. The fourth-order valence-electron chi connectivity index (χ4n) is 1.74. The average Bonchev–Trinajstić information content (AvgIpc) is 2.33. The first-order valence-corrected chi connectivity index (χ1v) is 7.17. The molecule has 0 saturated heterocycles. The van der Waals surface area contributed by atoms with Crippen LogP contribution in [-0.2, 0) is 6.42 Å². The second kappa shape index (κ2) is 5.88. The zero-order valence-corrected chi connectivity index (χ0v) is 13.2. The summed E-state index contributed by atoms with van der Waals surface area (Å²) >= 11 is 2.21. The van der Waals surface area contributed by atoms with Crippen molar-refractivity contribution in [3.8, 4) is 11.6 Å². The summed E-state index contributed by atoms with van der Waals surface area (Å²) in [6.07, 6.45) is 2.62. The number of hydrogen-bond donors (Lipinski definition) is 1. The lowest BCUT2D eigenvalue weighted by Gasteiger charge is -2.18. The van der Waals surface area contributed by atoms with Crippen LogP contribution in [0.4, 0.5) is 0 Å². The molecule has 0 bridgehead atoms. The number of benzene rings is 1. The molecule has 19 heavy (non-hydrogen) atoms. The van der Waals surface area contributed by atoms with Crippen LogP contribution < -0.4 is 10.5 Å². The number of halogens is 1. The Hall–Kier alpha value is -1.14. The largest absolute Gasteiger partial charge is 0.439 e. The Morgan fingerprint density at radius 1 is 1.16 bits per heavy atom. The van der Waals surface area contributed by atoms with Crippen molar-refractivity contribution in [3.63, 3.8) is 0 Å². The summed E-state index contributed by atoms with van der Waals surface area (Å²) in [5, 5.41) is 0. The van der Waals surface area contributed by atoms with E-state index in [1.54, 1.807) is 6.20 Å². The van der Waals surface area contributed by atoms with Crippen LogP contribution in [0.15, 0.2) is 42.6 Å². The predicted octanol–water partition coefficient (Wildman–Crippen LogP) is 3.76. The summed E-state index contributed by atoms with van der Waals surface area (Å²) < 4.78 is 6.76. The van der Waals surface area contributed by atoms with Gasteiger partial charge in [0.1, 0.15) is 5.75 Å². The van der Waals surface area contributed by atoms with Gasteiger partial charge in [-0.25, -0.2) is 4.98 Å². The minimum absolute atomic E-state index is 0.194. The number of rotatable bonds is 4. The molecule has 100 valence electrons. The summed E-state index contributed by atoms with van der Waals surface area (Å²) in [6.45, 7) is 4.04. The van der Waals surface area contributed by atoms with Gasteiger partial charge in [-0.3, -0.25) is 0 Å². The van der Waals surface area contributed by atoms with Gasteiger partial charge in [0, 0.05) is 21.4 Å². The van der Waals surface area contributed by atoms with Gasteiger partial charge in [0.25, 0.3) is 0 Å². The predicted molar refractivity (Wildman–Crippen MR) is 85.4 cm³/mol. The maximum absolute atomic E-state index is 6.00. The molecule has 0 fully saturated rings. The van der Waals surface area contributed by atoms with Crippen molar-refractivity contribution in [2.75, 3.05) is 0 Å². The van der Waals surface area contributed by atoms with Gasteiger partial charge in [-0.05, 0) is 66.6 Å². The molecule has 0 aliphatic carbocycles. The van der Waals surface area contributed by atoms with Gasteiger partial charge < -0.3 is 10.5 Å². The minimum Gasteiger partial charge on any atom is -0.439 e. The van der Waals surface area contributed by atoms with Gasteiger partial charge in [0.15, 0.2) is 0 Å². The van der Waals surface area contributed by atoms with Crippen molar-refractivity contribution in [3.05, 3.63) is 51.7 Å². The third-order valence-corrected chi connectivity index (χ3v) is 3.14. The molecule has 4 heteroatoms. The molecule has 0 amide bonds. The molecule has 0 spiro atoms. The van der Waals surface area contributed by atoms with Crippen molar-refractivity contribution in [1.82, 2.24) is 4.98 Å². The molecule has 0 radical (unpaired) electrons. The fraction of sp³-hybridized carbons (Fsp3) is 0.267. The zero-order chi connectivity index (χ0) is 13.9. The molecule has 3 nitrogen and oxygen atoms in total. The van der Waals surface area contributed by atoms with E-state index in [0.717, 1.165) is 15.7 Å². The van der Waals surface area contributed by atoms with Crippen LogP contribution >= 0.6 is 22.6 Å². The lowest BCUT2D eigenvalue weighted by molar-refractivity contribution is 0.461. The highest BCUT2D eigenvalue weighted by atomic mass is 127. The molecule has 2 rings (SSSR count). The maximum Gasteiger partial charge on any atom is 0.219 e. The average molecular weight is 368 g/mol. The van der Waals surface area contributed by atoms with Crippen molar-refractivity contribution < 1.29 is 4.74 Å². The molecule has 0 aliphatic rings. The monoisotopic (exact) mass is 368 g/mol. The van der Waals surface area contributed by atoms with E-state index in [2.05, 4.69) is 27.6 Å². The van der Waals surface area contributed by atoms with E-state index in [1.807, 2.05) is 50.2 Å². The first-order chi connectivity index (χ1) is 8.92. The molecular weight excluding hydrogens is 351 g/mol. The quantitative estimate of drug-likeness (QED) is 0.837. The Morgan fingerprint density at radius 2 is 1.84 bits per heavy atom. The molecule has 1 aromatic heterocycles. The van der Waals surface area contributed by atoms with E-state index in [-0.39, 0.29) is 5.54 Å². The standard InChI is InChI=1S/C15H17IN2O/c1-15(2,17)9-11-3-6-13(7-4-11)19-14-8-5-12(16)10-18-14/h3-8,10H,9,17H2,1-2H3. The number of hydrogen-bond acceptors (Lipinski definition) is 3. The highest BCUT2D eigenvalue weighted by molar-refractivity contribution is 14.1. The highest BCUT2D eigenvalue weighted by Gasteiger charge is 2.11. The summed E-state index contributed by atoms with van der Waals surface area (Å²) in [7, 11) is 0. The van der Waals surface area contributed by atoms with Gasteiger partial charge >= 0.3 is 0 Å². The van der Waals surface area contributed by atoms with Crippen LogP contribution in [0, 0.1) is 3.57 Å². The molecule has 0 unspecified atom stereocenters. The Kier molecular flexibility index (Phi) is 4.42. The van der Waals surface area contributed by atoms with Crippen LogP contribution in [0.3, 0.4) is 0 Å². The molecule has 0 saturated carbocycles. The number of nitrogens with zero attached hydrogens (tertiary/aromatic N) is 1. The number of pyridine rings is 1. The van der Waals surface area contributed by atoms with Gasteiger partial charge in [-0.1, -0.05) is 12.1 Å². The van der Waals surface area contributed by atoms with E-state index in [9.17, 15) is 0 Å². The lowest BCUT2D eigenvalue weighted by Crippen LogP contribution is -2.34. The smallest absolute Gasteiger partial charge is 0.219 e. The van der Waals surface area contributed by atoms with Gasteiger partial charge in [0.2, 0.25) is 5.88 Å². The molecule has 0 atom stereocenters. The summed E-state index contributed by atoms with van der Waals surface area (Å²) in [6, 6.07) is 11.8. The maximum atomic E-state index is 6.00. The van der Waals surface area contributed by atoms with Crippen LogP contribution in [0.5, 0.6) is 11.6 Å². The molecule has 1 heterocycles. The Morgan fingerprint density at radius 3 is 2.37 bits per heavy atom. The van der Waals surface area contributed by atoms with Crippen molar-refractivity contribution in [1.29, 1.82) is 0 Å². The normalized spacial score (nSPS) is 11.4. The van der Waals surface area contributed by atoms with E-state index in [1.165, 1.54) is 5.56 Å². The van der Waals surface area contributed by atoms with Gasteiger partial charge in [-0.2, -0.15) is 0 Å². The lowest BCUT2D eigenvalue weighted by atomic mass is 9.96. The van der Waals surface area contributed by atoms with Crippen LogP contribution in [0.2, 0.25) is 0 Å². The Labute approximate surface area is 127 Å². The number of nitrogens with two attached hydrogens (primary N) is 1. The molecule has 2 N–H and O–H groups in total. The van der Waals surface area contributed by atoms with Crippen LogP contribution in [0.1, 0.15) is 19.4 Å². The first-order valence-electron chi connectivity index (χ1n) is 6.10. The number of ether oxygens (including phenoxy) is 1. The van der Waals surface area contributed by atoms with Crippen LogP contribution in [-0.4, -0.2) is 10.5 Å². The minimum atomic E-state index is -0.194. The zero-order valence-electron chi connectivity index (χ0n) is 11.1. The van der Waals surface area contributed by atoms with Gasteiger partial charge in [0.05, 0.1) is 0 Å². The third-order valence-electron chi connectivity index (χ3n) is 2.51. The molecule has 1 aromatic carbocycles. The van der Waals surface area contributed by atoms with Crippen molar-refractivity contribution >= 4 is 22.6 Å². The summed E-state index contributed by atoms with van der Waals surface area (Å²) in [5.41, 5.74) is 7.01. The van der Waals surface area contributed by atoms with Crippen molar-refractivity contribution in [2.24, 2.45) is 5.73 Å². The Bertz CT molecular complexity index is 530. The highest BCUT2D eigenvalue weighted by Crippen LogP contribution is 2.21. The Balaban J connectivity index is 2.04. The first kappa shape index (κ1) is 14.3. The molecule has 0 aliphatic heterocycles. The van der Waals surface area contributed by atoms with E-state index >= 15 is 0 Å². The van der Waals surface area contributed by atoms with Crippen molar-refractivity contribution in [2.45, 2.75) is 25.8 Å². The van der Waals surface area contributed by atoms with E-state index in [4.69, 9.17) is 10.5 Å². The molecular formula is C15H17IN2O. The molecule has 2 aromatic rings. The van der Waals surface area contributed by atoms with Gasteiger partial charge in [-0.15, -0.1) is 0 Å². The second-order valence-electron chi connectivity index (χ2n) is 5.23. The summed E-state index contributed by atoms with van der Waals surface area (Å²) in [5.74, 6) is 1.39. The summed E-state index contributed by atoms with van der Waals surface area (Å²) in [4.78, 5) is 4.21. The van der Waals surface area contributed by atoms with Crippen LogP contribution in [0.25, 0.3) is 0 Å². The topological polar surface area (TPSA) is 48.1 Å². The third kappa shape index (κ3) is 4.80. The van der Waals surface area contributed by atoms with E-state index in [0.29, 0.717) is 5.88 Å². The fourth-order valence-corrected chi connectivity index (χ4v) is 2.06. The van der Waals surface area contributed by atoms with E-state index < -0.39 is 0 Å². The second-order valence-corrected chi connectivity index (χ2v) is 6.47.